The first-order chi connectivity index (χ1) is 24.4. The lowest BCUT2D eigenvalue weighted by Crippen LogP contribution is -2.60. The van der Waals surface area contributed by atoms with Crippen molar-refractivity contribution < 1.29 is 41.3 Å². The Kier molecular flexibility index (Phi) is 8.04. The zero-order valence-corrected chi connectivity index (χ0v) is 28.3. The molecule has 1 aliphatic carbocycles. The number of esters is 1. The van der Waals surface area contributed by atoms with E-state index in [1.807, 2.05) is 4.90 Å². The van der Waals surface area contributed by atoms with Gasteiger partial charge in [-0.3, -0.25) is 14.7 Å². The maximum Gasteiger partial charge on any atom is 0.320 e. The Labute approximate surface area is 290 Å². The molecule has 9 nitrogen and oxygen atoms in total. The van der Waals surface area contributed by atoms with Crippen LogP contribution in [0.2, 0.25) is 0 Å². The third-order valence-corrected chi connectivity index (χ3v) is 11.6. The van der Waals surface area contributed by atoms with Crippen molar-refractivity contribution in [1.29, 1.82) is 0 Å². The Morgan fingerprint density at radius 3 is 2.73 bits per heavy atom. The molecule has 4 aliphatic rings. The van der Waals surface area contributed by atoms with E-state index in [4.69, 9.17) is 9.47 Å². The largest absolute Gasteiger partial charge is 0.508 e. The van der Waals surface area contributed by atoms with Gasteiger partial charge in [0.2, 0.25) is 0 Å². The molecule has 270 valence electrons. The average Bonchev–Trinajstić information content (AvgIpc) is 3.63. The summed E-state index contributed by atoms with van der Waals surface area (Å²) in [5.74, 6) is -7.08. The van der Waals surface area contributed by atoms with Gasteiger partial charge in [0, 0.05) is 43.7 Å². The van der Waals surface area contributed by atoms with Crippen molar-refractivity contribution in [2.24, 2.45) is 11.3 Å². The lowest BCUT2D eigenvalue weighted by molar-refractivity contribution is -0.187. The van der Waals surface area contributed by atoms with Crippen molar-refractivity contribution in [2.75, 3.05) is 44.3 Å². The van der Waals surface area contributed by atoms with E-state index in [1.165, 1.54) is 35.4 Å². The molecule has 2 unspecified atom stereocenters. The van der Waals surface area contributed by atoms with Crippen LogP contribution in [0, 0.1) is 23.0 Å². The smallest absolute Gasteiger partial charge is 0.320 e. The number of rotatable bonds is 8. The molecule has 2 bridgehead atoms. The summed E-state index contributed by atoms with van der Waals surface area (Å²) in [6, 6.07) is 5.31. The fraction of sp³-hybridized carbons (Fsp3) is 0.514. The quantitative estimate of drug-likeness (QED) is 0.157. The van der Waals surface area contributed by atoms with Crippen molar-refractivity contribution >= 4 is 33.5 Å². The highest BCUT2D eigenvalue weighted by Crippen LogP contribution is 2.58. The number of fused-ring (bicyclic) bond motifs is 5. The van der Waals surface area contributed by atoms with E-state index in [2.05, 4.69) is 15.0 Å². The number of halogens is 5. The molecule has 51 heavy (non-hydrogen) atoms. The SMILES string of the molecule is CCOC(=O)C12CCC(CN(c3nc(OC[C@@]45CCCN4C[C@H](F)C5)nc4c(F)c(-c5cc(O)cc6ccc(F)c(CC)c56)ncc34)C1)C2(F)F. The maximum absolute atomic E-state index is 17.0. The fourth-order valence-electron chi connectivity index (χ4n) is 9.13. The summed E-state index contributed by atoms with van der Waals surface area (Å²) in [6.07, 6.45) is 2.39. The lowest BCUT2D eigenvalue weighted by Gasteiger charge is -2.44. The number of pyridine rings is 1. The number of carbonyl (C=O) groups is 1. The second-order valence-electron chi connectivity index (χ2n) is 14.4. The van der Waals surface area contributed by atoms with E-state index in [0.29, 0.717) is 22.8 Å². The van der Waals surface area contributed by atoms with E-state index in [0.717, 1.165) is 13.0 Å². The summed E-state index contributed by atoms with van der Waals surface area (Å²) >= 11 is 0. The molecule has 14 heteroatoms. The van der Waals surface area contributed by atoms with Gasteiger partial charge in [-0.05, 0) is 80.1 Å². The monoisotopic (exact) mass is 711 g/mol. The Morgan fingerprint density at radius 2 is 1.94 bits per heavy atom. The number of alkyl halides is 3. The van der Waals surface area contributed by atoms with Gasteiger partial charge in [0.15, 0.2) is 5.82 Å². The minimum atomic E-state index is -3.34. The maximum atomic E-state index is 17.0. The molecule has 8 rings (SSSR count). The number of ether oxygens (including phenoxy) is 2. The van der Waals surface area contributed by atoms with Crippen LogP contribution < -0.4 is 9.64 Å². The molecule has 0 radical (unpaired) electrons. The number of aryl methyl sites for hydroxylation is 1. The summed E-state index contributed by atoms with van der Waals surface area (Å²) < 4.78 is 89.6. The summed E-state index contributed by atoms with van der Waals surface area (Å²) in [7, 11) is 0. The van der Waals surface area contributed by atoms with Crippen molar-refractivity contribution in [1.82, 2.24) is 19.9 Å². The van der Waals surface area contributed by atoms with Crippen LogP contribution in [0.15, 0.2) is 30.5 Å². The van der Waals surface area contributed by atoms with Crippen LogP contribution >= 0.6 is 0 Å². The zero-order valence-electron chi connectivity index (χ0n) is 28.3. The van der Waals surface area contributed by atoms with Crippen molar-refractivity contribution in [3.63, 3.8) is 0 Å². The first-order valence-electron chi connectivity index (χ1n) is 17.5. The topological polar surface area (TPSA) is 101 Å². The van der Waals surface area contributed by atoms with Crippen LogP contribution in [0.5, 0.6) is 11.8 Å². The fourth-order valence-corrected chi connectivity index (χ4v) is 9.13. The molecule has 0 spiro atoms. The average molecular weight is 712 g/mol. The Bertz CT molecular complexity index is 2070. The van der Waals surface area contributed by atoms with Crippen molar-refractivity contribution in [2.45, 2.75) is 70.0 Å². The highest BCUT2D eigenvalue weighted by atomic mass is 19.3. The Hall–Kier alpha value is -4.33. The van der Waals surface area contributed by atoms with Crippen molar-refractivity contribution in [3.05, 3.63) is 47.7 Å². The zero-order chi connectivity index (χ0) is 35.9. The molecule has 1 N–H and O–H groups in total. The Morgan fingerprint density at radius 1 is 1.12 bits per heavy atom. The number of piperidine rings is 1. The van der Waals surface area contributed by atoms with Gasteiger partial charge >= 0.3 is 12.0 Å². The molecule has 2 aromatic heterocycles. The first kappa shape index (κ1) is 33.8. The van der Waals surface area contributed by atoms with Crippen LogP contribution in [-0.2, 0) is 16.0 Å². The molecule has 0 amide bonds. The van der Waals surface area contributed by atoms with Gasteiger partial charge in [-0.15, -0.1) is 0 Å². The second-order valence-corrected chi connectivity index (χ2v) is 14.4. The number of anilines is 1. The van der Waals surface area contributed by atoms with Crippen LogP contribution in [-0.4, -0.2) is 88.0 Å². The van der Waals surface area contributed by atoms with Gasteiger partial charge in [-0.2, -0.15) is 9.97 Å². The predicted molar refractivity (Wildman–Crippen MR) is 179 cm³/mol. The number of hydrogen-bond acceptors (Lipinski definition) is 9. The summed E-state index contributed by atoms with van der Waals surface area (Å²) in [5.41, 5.74) is -2.73. The molecular weight excluding hydrogens is 673 g/mol. The van der Waals surface area contributed by atoms with Gasteiger partial charge in [0.25, 0.3) is 5.92 Å². The van der Waals surface area contributed by atoms with E-state index in [1.54, 1.807) is 13.8 Å². The van der Waals surface area contributed by atoms with Gasteiger partial charge in [0.1, 0.15) is 46.8 Å². The lowest BCUT2D eigenvalue weighted by atomic mass is 9.78. The number of phenols is 1. The number of hydrogen-bond donors (Lipinski definition) is 1. The predicted octanol–water partition coefficient (Wildman–Crippen LogP) is 6.76. The Balaban J connectivity index is 1.29. The van der Waals surface area contributed by atoms with Crippen LogP contribution in [0.4, 0.5) is 27.8 Å². The third kappa shape index (κ3) is 5.10. The van der Waals surface area contributed by atoms with Crippen LogP contribution in [0.3, 0.4) is 0 Å². The first-order valence-corrected chi connectivity index (χ1v) is 17.5. The molecule has 4 fully saturated rings. The highest BCUT2D eigenvalue weighted by Gasteiger charge is 2.71. The standard InChI is InChI=1S/C37H38F5N5O4/c1-3-24-27(39)7-6-20-12-23(48)13-25(28(20)24)30-29(40)31-26(15-43-30)32(45-34(44-31)51-19-35-9-5-11-47(35)17-22(38)14-35)46-16-21-8-10-36(18-46,37(21,41)42)33(49)50-4-2/h6-7,12-13,15,21-22,48H,3-5,8-11,14,16-19H2,1-2H3/t21?,22-,35+,36?/m1/s1. The van der Waals surface area contributed by atoms with Crippen molar-refractivity contribution in [3.8, 4) is 23.0 Å². The van der Waals surface area contributed by atoms with E-state index in [-0.39, 0.29) is 91.7 Å². The van der Waals surface area contributed by atoms with E-state index >= 15 is 17.6 Å². The summed E-state index contributed by atoms with van der Waals surface area (Å²) in [5, 5.41) is 11.6. The second kappa shape index (κ2) is 12.1. The van der Waals surface area contributed by atoms with Crippen LogP contribution in [0.25, 0.3) is 32.9 Å². The number of phenolic OH excluding ortho intramolecular Hbond substituents is 1. The molecular formula is C37H38F5N5O4. The number of nitrogens with zero attached hydrogens (tertiary/aromatic N) is 5. The molecule has 5 heterocycles. The van der Waals surface area contributed by atoms with E-state index in [9.17, 15) is 14.3 Å². The number of benzene rings is 2. The molecule has 1 saturated carbocycles. The molecule has 4 aromatic rings. The van der Waals surface area contributed by atoms with Crippen LogP contribution in [0.1, 0.15) is 51.5 Å². The van der Waals surface area contributed by atoms with Gasteiger partial charge in [-0.1, -0.05) is 13.0 Å². The summed E-state index contributed by atoms with van der Waals surface area (Å²) in [6.45, 7) is 3.66. The molecule has 3 saturated heterocycles. The molecule has 3 aliphatic heterocycles. The van der Waals surface area contributed by atoms with E-state index < -0.39 is 53.1 Å². The molecule has 2 aromatic carbocycles. The van der Waals surface area contributed by atoms with Gasteiger partial charge < -0.3 is 19.5 Å². The highest BCUT2D eigenvalue weighted by molar-refractivity contribution is 6.02. The van der Waals surface area contributed by atoms with Gasteiger partial charge in [-0.25, -0.2) is 22.0 Å². The number of aromatic nitrogens is 3. The summed E-state index contributed by atoms with van der Waals surface area (Å²) in [4.78, 5) is 30.3. The third-order valence-electron chi connectivity index (χ3n) is 11.6. The molecule has 4 atom stereocenters. The minimum absolute atomic E-state index is 0.0295. The number of aromatic hydroxyl groups is 1. The normalized spacial score (nSPS) is 27.0. The minimum Gasteiger partial charge on any atom is -0.508 e. The number of carbonyl (C=O) groups excluding carboxylic acids is 1. The van der Waals surface area contributed by atoms with Gasteiger partial charge in [0.05, 0.1) is 17.5 Å².